The minimum absolute atomic E-state index is 0.126. The smallest absolute Gasteiger partial charge is 0.278 e. The van der Waals surface area contributed by atoms with Gasteiger partial charge in [-0.1, -0.05) is 12.8 Å². The van der Waals surface area contributed by atoms with Gasteiger partial charge in [0.05, 0.1) is 31.1 Å². The third-order valence-corrected chi connectivity index (χ3v) is 6.86. The minimum Gasteiger partial charge on any atom is -0.360 e. The first-order valence-electron chi connectivity index (χ1n) is 10.7. The Balaban J connectivity index is 1.29. The summed E-state index contributed by atoms with van der Waals surface area (Å²) in [5, 5.41) is 10.8. The molecule has 0 bridgehead atoms. The van der Waals surface area contributed by atoms with Crippen molar-refractivity contribution in [3.63, 3.8) is 0 Å². The number of quaternary nitrogens is 1. The van der Waals surface area contributed by atoms with Crippen molar-refractivity contribution in [1.82, 2.24) is 4.90 Å². The Morgan fingerprint density at radius 1 is 1.04 bits per heavy atom. The molecule has 7 nitrogen and oxygen atoms in total. The third-order valence-electron chi connectivity index (χ3n) is 6.86. The average molecular weight is 388 g/mol. The van der Waals surface area contributed by atoms with Crippen molar-refractivity contribution in [1.29, 1.82) is 0 Å². The number of anilines is 1. The number of fused-ring (bicyclic) bond motifs is 1. The number of piperidine rings is 1. The Hall–Kier alpha value is -2.15. The van der Waals surface area contributed by atoms with Crippen molar-refractivity contribution in [3.05, 3.63) is 34.4 Å². The van der Waals surface area contributed by atoms with Crippen molar-refractivity contribution in [2.75, 3.05) is 44.2 Å². The van der Waals surface area contributed by atoms with Crippen LogP contribution in [0, 0.1) is 16.0 Å². The minimum atomic E-state index is -0.366. The van der Waals surface area contributed by atoms with Gasteiger partial charge in [0.25, 0.3) is 11.6 Å². The first-order chi connectivity index (χ1) is 13.6. The molecule has 3 fully saturated rings. The van der Waals surface area contributed by atoms with Crippen LogP contribution in [0.1, 0.15) is 38.5 Å². The summed E-state index contributed by atoms with van der Waals surface area (Å²) in [4.78, 5) is 29.3. The molecular weight excluding hydrogens is 356 g/mol. The van der Waals surface area contributed by atoms with E-state index in [2.05, 4.69) is 9.80 Å². The predicted octanol–water partition coefficient (Wildman–Crippen LogP) is 1.48. The molecule has 2 aliphatic heterocycles. The molecule has 2 atom stereocenters. The Bertz CT molecular complexity index is 698. The van der Waals surface area contributed by atoms with Gasteiger partial charge in [0.1, 0.15) is 0 Å². The van der Waals surface area contributed by atoms with Crippen LogP contribution < -0.4 is 9.80 Å². The quantitative estimate of drug-likeness (QED) is 0.628. The number of carbonyl (C=O) groups excluding carboxylic acids is 1. The highest BCUT2D eigenvalue weighted by Gasteiger charge is 2.37. The number of amides is 1. The summed E-state index contributed by atoms with van der Waals surface area (Å²) in [6.07, 6.45) is 7.56. The predicted molar refractivity (Wildman–Crippen MR) is 108 cm³/mol. The highest BCUT2D eigenvalue weighted by Crippen LogP contribution is 2.35. The summed E-state index contributed by atoms with van der Waals surface area (Å²) in [6.45, 7) is 5.19. The zero-order valence-electron chi connectivity index (χ0n) is 16.5. The van der Waals surface area contributed by atoms with Crippen LogP contribution in [0.15, 0.2) is 24.3 Å². The highest BCUT2D eigenvalue weighted by molar-refractivity contribution is 5.77. The molecule has 4 rings (SSSR count). The highest BCUT2D eigenvalue weighted by atomic mass is 16.6. The number of non-ortho nitro benzene ring substituents is 1. The van der Waals surface area contributed by atoms with E-state index in [1.807, 2.05) is 12.1 Å². The number of hydrogen-bond acceptors (Lipinski definition) is 4. The standard InChI is InChI=1S/C21H30N4O3/c26-21(24-11-3-5-17-4-1-2-6-20(17)24)16-22-12-14-23(15-13-22)18-7-9-19(10-8-18)25(27)28/h7-10,17,20H,1-6,11-16H2/p+1/t17-,20-/m1/s1. The number of nitrogens with one attached hydrogen (secondary N) is 1. The largest absolute Gasteiger partial charge is 0.360 e. The summed E-state index contributed by atoms with van der Waals surface area (Å²) < 4.78 is 0. The number of hydrogen-bond donors (Lipinski definition) is 1. The Morgan fingerprint density at radius 2 is 1.71 bits per heavy atom. The van der Waals surface area contributed by atoms with Gasteiger partial charge in [-0.05, 0) is 43.7 Å². The molecule has 0 spiro atoms. The van der Waals surface area contributed by atoms with Crippen molar-refractivity contribution in [2.45, 2.75) is 44.6 Å². The van der Waals surface area contributed by atoms with Crippen LogP contribution in [-0.4, -0.2) is 61.0 Å². The lowest BCUT2D eigenvalue weighted by Gasteiger charge is -2.44. The van der Waals surface area contributed by atoms with Crippen LogP contribution in [0.2, 0.25) is 0 Å². The topological polar surface area (TPSA) is 71.1 Å². The van der Waals surface area contributed by atoms with E-state index in [1.54, 1.807) is 12.1 Å². The van der Waals surface area contributed by atoms with Gasteiger partial charge in [0.2, 0.25) is 0 Å². The van der Waals surface area contributed by atoms with Crippen LogP contribution in [-0.2, 0) is 4.79 Å². The van der Waals surface area contributed by atoms with E-state index in [4.69, 9.17) is 0 Å². The second-order valence-electron chi connectivity index (χ2n) is 8.53. The van der Waals surface area contributed by atoms with Crippen LogP contribution in [0.4, 0.5) is 11.4 Å². The van der Waals surface area contributed by atoms with Crippen LogP contribution in [0.25, 0.3) is 0 Å². The number of nitro groups is 1. The lowest BCUT2D eigenvalue weighted by molar-refractivity contribution is -0.892. The van der Waals surface area contributed by atoms with Gasteiger partial charge in [-0.2, -0.15) is 0 Å². The van der Waals surface area contributed by atoms with Crippen LogP contribution in [0.3, 0.4) is 0 Å². The lowest BCUT2D eigenvalue weighted by atomic mass is 9.78. The molecule has 1 aliphatic carbocycles. The van der Waals surface area contributed by atoms with E-state index in [0.717, 1.165) is 50.7 Å². The van der Waals surface area contributed by atoms with E-state index < -0.39 is 0 Å². The van der Waals surface area contributed by atoms with Crippen molar-refractivity contribution in [2.24, 2.45) is 5.92 Å². The van der Waals surface area contributed by atoms with Crippen LogP contribution >= 0.6 is 0 Å². The lowest BCUT2D eigenvalue weighted by Crippen LogP contribution is -3.16. The summed E-state index contributed by atoms with van der Waals surface area (Å²) in [7, 11) is 0. The maximum atomic E-state index is 13.0. The van der Waals surface area contributed by atoms with Crippen molar-refractivity contribution < 1.29 is 14.6 Å². The molecule has 1 N–H and O–H groups in total. The normalized spacial score (nSPS) is 26.0. The summed E-state index contributed by atoms with van der Waals surface area (Å²) in [6, 6.07) is 7.27. The molecule has 3 aliphatic rings. The number of rotatable bonds is 4. The Kier molecular flexibility index (Phi) is 5.80. The van der Waals surface area contributed by atoms with E-state index in [-0.39, 0.29) is 10.6 Å². The number of likely N-dealkylation sites (tertiary alicyclic amines) is 1. The van der Waals surface area contributed by atoms with Gasteiger partial charge in [-0.3, -0.25) is 14.9 Å². The van der Waals surface area contributed by atoms with E-state index in [0.29, 0.717) is 18.5 Å². The molecule has 2 saturated heterocycles. The number of benzene rings is 1. The second-order valence-corrected chi connectivity index (χ2v) is 8.53. The monoisotopic (exact) mass is 387 g/mol. The molecule has 0 radical (unpaired) electrons. The first-order valence-corrected chi connectivity index (χ1v) is 10.7. The SMILES string of the molecule is O=C(C[NH+]1CCN(c2ccc([N+](=O)[O-])cc2)CC1)N1CCC[C@H]2CCCC[C@H]21. The number of nitro benzene ring substituents is 1. The fourth-order valence-corrected chi connectivity index (χ4v) is 5.29. The van der Waals surface area contributed by atoms with E-state index in [1.165, 1.54) is 37.0 Å². The molecular formula is C21H31N4O3+. The maximum absolute atomic E-state index is 13.0. The van der Waals surface area contributed by atoms with Gasteiger partial charge in [0, 0.05) is 30.4 Å². The molecule has 2 heterocycles. The zero-order chi connectivity index (χ0) is 19.5. The van der Waals surface area contributed by atoms with Gasteiger partial charge < -0.3 is 14.7 Å². The second kappa shape index (κ2) is 8.47. The average Bonchev–Trinajstić information content (AvgIpc) is 2.74. The molecule has 1 aromatic rings. The zero-order valence-corrected chi connectivity index (χ0v) is 16.5. The van der Waals surface area contributed by atoms with Gasteiger partial charge in [-0.25, -0.2) is 0 Å². The summed E-state index contributed by atoms with van der Waals surface area (Å²) in [5.41, 5.74) is 1.15. The third kappa shape index (κ3) is 4.14. The van der Waals surface area contributed by atoms with Gasteiger partial charge in [0.15, 0.2) is 6.54 Å². The number of piperazine rings is 1. The molecule has 0 aromatic heterocycles. The van der Waals surface area contributed by atoms with Gasteiger partial charge in [-0.15, -0.1) is 0 Å². The Labute approximate surface area is 166 Å². The Morgan fingerprint density at radius 3 is 2.43 bits per heavy atom. The molecule has 152 valence electrons. The number of carbonyl (C=O) groups is 1. The van der Waals surface area contributed by atoms with E-state index in [9.17, 15) is 14.9 Å². The van der Waals surface area contributed by atoms with Crippen molar-refractivity contribution in [3.8, 4) is 0 Å². The van der Waals surface area contributed by atoms with E-state index >= 15 is 0 Å². The molecule has 28 heavy (non-hydrogen) atoms. The molecule has 1 aromatic carbocycles. The fraction of sp³-hybridized carbons (Fsp3) is 0.667. The molecule has 1 saturated carbocycles. The fourth-order valence-electron chi connectivity index (χ4n) is 5.29. The summed E-state index contributed by atoms with van der Waals surface area (Å²) in [5.74, 6) is 1.08. The summed E-state index contributed by atoms with van der Waals surface area (Å²) >= 11 is 0. The van der Waals surface area contributed by atoms with Crippen LogP contribution in [0.5, 0.6) is 0 Å². The van der Waals surface area contributed by atoms with Crippen molar-refractivity contribution >= 4 is 17.3 Å². The maximum Gasteiger partial charge on any atom is 0.278 e. The molecule has 1 amide bonds. The molecule has 7 heteroatoms. The van der Waals surface area contributed by atoms with Gasteiger partial charge >= 0.3 is 0 Å². The molecule has 0 unspecified atom stereocenters. The number of nitrogens with zero attached hydrogens (tertiary/aromatic N) is 3. The first kappa shape index (κ1) is 19.2.